The lowest BCUT2D eigenvalue weighted by molar-refractivity contribution is -0.139. The highest BCUT2D eigenvalue weighted by Crippen LogP contribution is 2.32. The highest BCUT2D eigenvalue weighted by Gasteiger charge is 2.18. The summed E-state index contributed by atoms with van der Waals surface area (Å²) >= 11 is 0. The predicted molar refractivity (Wildman–Crippen MR) is 69.3 cm³/mol. The summed E-state index contributed by atoms with van der Waals surface area (Å²) in [6.07, 6.45) is 0.195. The third-order valence-electron chi connectivity index (χ3n) is 2.97. The molecule has 4 N–H and O–H groups in total. The standard InChI is InChI=1S/C13H16N2O5/c14-12(16)4-2-9(13(17)18)15-6-8-1-3-10-11(5-8)20-7-19-10/h1,3,5,9,15H,2,4,6-7H2,(H2,14,16)(H,17,18)/t9-/m0/s1. The van der Waals surface area contributed by atoms with E-state index >= 15 is 0 Å². The lowest BCUT2D eigenvalue weighted by Gasteiger charge is -2.13. The van der Waals surface area contributed by atoms with E-state index in [2.05, 4.69) is 5.32 Å². The van der Waals surface area contributed by atoms with E-state index in [9.17, 15) is 9.59 Å². The topological polar surface area (TPSA) is 111 Å². The molecule has 0 saturated heterocycles. The number of carboxylic acids is 1. The average molecular weight is 280 g/mol. The Morgan fingerprint density at radius 1 is 1.35 bits per heavy atom. The zero-order valence-electron chi connectivity index (χ0n) is 10.8. The van der Waals surface area contributed by atoms with Crippen LogP contribution in [0.25, 0.3) is 0 Å². The van der Waals surface area contributed by atoms with Crippen LogP contribution in [0.3, 0.4) is 0 Å². The number of ether oxygens (including phenoxy) is 2. The summed E-state index contributed by atoms with van der Waals surface area (Å²) in [5.41, 5.74) is 5.89. The van der Waals surface area contributed by atoms with Gasteiger partial charge >= 0.3 is 5.97 Å². The van der Waals surface area contributed by atoms with Crippen molar-refractivity contribution in [1.82, 2.24) is 5.32 Å². The molecule has 7 nitrogen and oxygen atoms in total. The van der Waals surface area contributed by atoms with E-state index in [0.717, 1.165) is 5.56 Å². The van der Waals surface area contributed by atoms with E-state index < -0.39 is 17.9 Å². The smallest absolute Gasteiger partial charge is 0.320 e. The van der Waals surface area contributed by atoms with Crippen LogP contribution >= 0.6 is 0 Å². The molecule has 0 aliphatic carbocycles. The van der Waals surface area contributed by atoms with Gasteiger partial charge < -0.3 is 25.6 Å². The van der Waals surface area contributed by atoms with Crippen LogP contribution in [0, 0.1) is 0 Å². The molecule has 1 atom stereocenters. The van der Waals surface area contributed by atoms with Crippen molar-refractivity contribution in [2.45, 2.75) is 25.4 Å². The Kier molecular flexibility index (Phi) is 4.41. The van der Waals surface area contributed by atoms with Crippen molar-refractivity contribution in [3.8, 4) is 11.5 Å². The van der Waals surface area contributed by atoms with Gasteiger partial charge in [-0.05, 0) is 24.1 Å². The fraction of sp³-hybridized carbons (Fsp3) is 0.385. The maximum Gasteiger partial charge on any atom is 0.320 e. The van der Waals surface area contributed by atoms with Crippen LogP contribution in [0.4, 0.5) is 0 Å². The number of carbonyl (C=O) groups excluding carboxylic acids is 1. The lowest BCUT2D eigenvalue weighted by Crippen LogP contribution is -2.37. The van der Waals surface area contributed by atoms with Gasteiger partial charge in [0.1, 0.15) is 6.04 Å². The Balaban J connectivity index is 1.91. The maximum absolute atomic E-state index is 11.1. The fourth-order valence-corrected chi connectivity index (χ4v) is 1.89. The van der Waals surface area contributed by atoms with Gasteiger partial charge in [-0.15, -0.1) is 0 Å². The molecule has 0 spiro atoms. The van der Waals surface area contributed by atoms with Crippen molar-refractivity contribution in [1.29, 1.82) is 0 Å². The molecule has 0 aromatic heterocycles. The third kappa shape index (κ3) is 3.61. The third-order valence-corrected chi connectivity index (χ3v) is 2.97. The van der Waals surface area contributed by atoms with Crippen molar-refractivity contribution < 1.29 is 24.2 Å². The molecular formula is C13H16N2O5. The minimum atomic E-state index is -1.01. The summed E-state index contributed by atoms with van der Waals surface area (Å²) in [6.45, 7) is 0.551. The molecule has 1 aromatic carbocycles. The normalized spacial score (nSPS) is 14.0. The number of hydrogen-bond acceptors (Lipinski definition) is 5. The van der Waals surface area contributed by atoms with Crippen LogP contribution in [-0.2, 0) is 16.1 Å². The first kappa shape index (κ1) is 14.1. The van der Waals surface area contributed by atoms with Gasteiger partial charge in [-0.3, -0.25) is 9.59 Å². The van der Waals surface area contributed by atoms with Crippen LogP contribution in [-0.4, -0.2) is 29.8 Å². The molecule has 20 heavy (non-hydrogen) atoms. The van der Waals surface area contributed by atoms with Gasteiger partial charge in [0.15, 0.2) is 11.5 Å². The summed E-state index contributed by atoms with van der Waals surface area (Å²) in [5.74, 6) is -0.196. The monoisotopic (exact) mass is 280 g/mol. The number of aliphatic carboxylic acids is 1. The SMILES string of the molecule is NC(=O)CC[C@H](NCc1ccc2c(c1)OCO2)C(=O)O. The summed E-state index contributed by atoms with van der Waals surface area (Å²) in [7, 11) is 0. The molecule has 0 bridgehead atoms. The molecule has 1 aromatic rings. The summed E-state index contributed by atoms with van der Waals surface area (Å²) in [5, 5.41) is 11.9. The van der Waals surface area contributed by atoms with Crippen molar-refractivity contribution in [2.24, 2.45) is 5.73 Å². The van der Waals surface area contributed by atoms with Crippen LogP contribution < -0.4 is 20.5 Å². The first-order valence-electron chi connectivity index (χ1n) is 6.19. The quantitative estimate of drug-likeness (QED) is 0.659. The van der Waals surface area contributed by atoms with Crippen molar-refractivity contribution >= 4 is 11.9 Å². The van der Waals surface area contributed by atoms with E-state index in [0.29, 0.717) is 18.0 Å². The molecule has 1 amide bonds. The zero-order chi connectivity index (χ0) is 14.5. The number of fused-ring (bicyclic) bond motifs is 1. The second-order valence-electron chi connectivity index (χ2n) is 4.46. The number of primary amides is 1. The van der Waals surface area contributed by atoms with Crippen molar-refractivity contribution in [2.75, 3.05) is 6.79 Å². The Bertz CT molecular complexity index is 517. The highest BCUT2D eigenvalue weighted by atomic mass is 16.7. The molecule has 1 aliphatic rings. The second kappa shape index (κ2) is 6.25. The van der Waals surface area contributed by atoms with Gasteiger partial charge in [0.2, 0.25) is 12.7 Å². The minimum Gasteiger partial charge on any atom is -0.480 e. The number of nitrogens with one attached hydrogen (secondary N) is 1. The molecule has 1 aliphatic heterocycles. The van der Waals surface area contributed by atoms with E-state index in [1.165, 1.54) is 0 Å². The second-order valence-corrected chi connectivity index (χ2v) is 4.46. The van der Waals surface area contributed by atoms with Crippen LogP contribution in [0.2, 0.25) is 0 Å². The number of benzene rings is 1. The lowest BCUT2D eigenvalue weighted by atomic mass is 10.1. The summed E-state index contributed by atoms with van der Waals surface area (Å²) < 4.78 is 10.4. The molecule has 2 rings (SSSR count). The molecule has 108 valence electrons. The Hall–Kier alpha value is -2.28. The van der Waals surface area contributed by atoms with Gasteiger partial charge in [0.25, 0.3) is 0 Å². The Labute approximate surface area is 115 Å². The van der Waals surface area contributed by atoms with Crippen LogP contribution in [0.5, 0.6) is 11.5 Å². The Morgan fingerprint density at radius 3 is 2.80 bits per heavy atom. The highest BCUT2D eigenvalue weighted by molar-refractivity contribution is 5.77. The molecule has 0 saturated carbocycles. The van der Waals surface area contributed by atoms with Gasteiger partial charge in [-0.2, -0.15) is 0 Å². The number of rotatable bonds is 7. The first-order valence-corrected chi connectivity index (χ1v) is 6.19. The fourth-order valence-electron chi connectivity index (χ4n) is 1.89. The van der Waals surface area contributed by atoms with Crippen molar-refractivity contribution in [3.63, 3.8) is 0 Å². The number of amides is 1. The largest absolute Gasteiger partial charge is 0.480 e. The number of carbonyl (C=O) groups is 2. The van der Waals surface area contributed by atoms with Gasteiger partial charge in [-0.25, -0.2) is 0 Å². The number of hydrogen-bond donors (Lipinski definition) is 3. The van der Waals surface area contributed by atoms with Gasteiger partial charge in [-0.1, -0.05) is 6.07 Å². The van der Waals surface area contributed by atoms with E-state index in [4.69, 9.17) is 20.3 Å². The molecule has 0 fully saturated rings. The maximum atomic E-state index is 11.1. The van der Waals surface area contributed by atoms with Crippen LogP contribution in [0.1, 0.15) is 18.4 Å². The minimum absolute atomic E-state index is 0.0328. The van der Waals surface area contributed by atoms with Gasteiger partial charge in [0, 0.05) is 13.0 Å². The van der Waals surface area contributed by atoms with E-state index in [1.54, 1.807) is 12.1 Å². The van der Waals surface area contributed by atoms with Gasteiger partial charge in [0.05, 0.1) is 0 Å². The van der Waals surface area contributed by atoms with Crippen molar-refractivity contribution in [3.05, 3.63) is 23.8 Å². The van der Waals surface area contributed by atoms with E-state index in [-0.39, 0.29) is 19.6 Å². The van der Waals surface area contributed by atoms with E-state index in [1.807, 2.05) is 6.07 Å². The molecule has 0 unspecified atom stereocenters. The molecule has 0 radical (unpaired) electrons. The summed E-state index contributed by atoms with van der Waals surface area (Å²) in [4.78, 5) is 21.8. The predicted octanol–water partition coefficient (Wildman–Crippen LogP) is 0.224. The summed E-state index contributed by atoms with van der Waals surface area (Å²) in [6, 6.07) is 4.59. The zero-order valence-corrected chi connectivity index (χ0v) is 10.8. The number of nitrogens with two attached hydrogens (primary N) is 1. The first-order chi connectivity index (χ1) is 9.56. The molecule has 1 heterocycles. The average Bonchev–Trinajstić information content (AvgIpc) is 2.85. The molecule has 7 heteroatoms. The molecular weight excluding hydrogens is 264 g/mol. The van der Waals surface area contributed by atoms with Crippen LogP contribution in [0.15, 0.2) is 18.2 Å². The number of carboxylic acid groups (broad SMARTS) is 1. The Morgan fingerprint density at radius 2 is 2.10 bits per heavy atom.